The molecule has 0 aliphatic rings. The fraction of sp³-hybridized carbons (Fsp3) is 0. The molecular weight excluding hydrogens is 835 g/mol. The summed E-state index contributed by atoms with van der Waals surface area (Å²) in [5.74, 6) is 0. The Morgan fingerprint density at radius 1 is 0.246 bits per heavy atom. The van der Waals surface area contributed by atoms with Gasteiger partial charge in [0.05, 0.1) is 22.1 Å². The number of hydrogen-bond donors (Lipinski definition) is 0. The highest BCUT2D eigenvalue weighted by Crippen LogP contribution is 2.46. The van der Waals surface area contributed by atoms with Crippen molar-refractivity contribution in [3.63, 3.8) is 0 Å². The zero-order valence-corrected chi connectivity index (χ0v) is 37.7. The number of fused-ring (bicyclic) bond motifs is 11. The summed E-state index contributed by atoms with van der Waals surface area (Å²) in [6.45, 7) is 0. The van der Waals surface area contributed by atoms with E-state index in [1.807, 2.05) is 0 Å². The highest BCUT2D eigenvalue weighted by atomic mass is 15.1. The number of aromatic nitrogens is 2. The summed E-state index contributed by atoms with van der Waals surface area (Å²) in [6.07, 6.45) is 0. The number of hydrogen-bond acceptors (Lipinski definition) is 1. The van der Waals surface area contributed by atoms with Crippen molar-refractivity contribution in [1.82, 2.24) is 9.13 Å². The van der Waals surface area contributed by atoms with E-state index in [1.54, 1.807) is 0 Å². The quantitative estimate of drug-likeness (QED) is 0.145. The van der Waals surface area contributed by atoms with Crippen LogP contribution in [-0.4, -0.2) is 9.13 Å². The first kappa shape index (κ1) is 39.0. The normalized spacial score (nSPS) is 11.8. The lowest BCUT2D eigenvalue weighted by molar-refractivity contribution is 1.17. The fourth-order valence-electron chi connectivity index (χ4n) is 11.2. The Morgan fingerprint density at radius 2 is 0.667 bits per heavy atom. The van der Waals surface area contributed by atoms with Crippen molar-refractivity contribution in [2.24, 2.45) is 0 Å². The van der Waals surface area contributed by atoms with Crippen LogP contribution < -0.4 is 4.90 Å². The minimum atomic E-state index is 1.09. The lowest BCUT2D eigenvalue weighted by Gasteiger charge is -2.25. The van der Waals surface area contributed by atoms with Gasteiger partial charge in [0.2, 0.25) is 0 Å². The van der Waals surface area contributed by atoms with Crippen molar-refractivity contribution < 1.29 is 0 Å². The SMILES string of the molecule is c1ccc(N(c2ccccc2)c2ccc3c(c2)c2c(c4ccccc4n2-c2cccc(-c4cc5ccccc5c5ccccc45)c2)n3-c2cccc(-c3cc4ccccc4c4ccccc34)c2)cc1. The maximum Gasteiger partial charge on any atom is 0.0804 e. The largest absolute Gasteiger partial charge is 0.310 e. The number of anilines is 3. The topological polar surface area (TPSA) is 13.1 Å². The molecule has 0 saturated carbocycles. The average molecular weight is 878 g/mol. The number of nitrogens with zero attached hydrogens (tertiary/aromatic N) is 3. The van der Waals surface area contributed by atoms with Crippen LogP contribution in [0.15, 0.2) is 261 Å². The zero-order chi connectivity index (χ0) is 45.4. The zero-order valence-electron chi connectivity index (χ0n) is 37.7. The van der Waals surface area contributed by atoms with E-state index in [9.17, 15) is 0 Å². The summed E-state index contributed by atoms with van der Waals surface area (Å²) < 4.78 is 5.02. The van der Waals surface area contributed by atoms with Gasteiger partial charge < -0.3 is 14.0 Å². The van der Waals surface area contributed by atoms with Gasteiger partial charge in [-0.05, 0) is 150 Å². The van der Waals surface area contributed by atoms with Gasteiger partial charge in [-0.25, -0.2) is 0 Å². The summed E-state index contributed by atoms with van der Waals surface area (Å²) >= 11 is 0. The lowest BCUT2D eigenvalue weighted by Crippen LogP contribution is -2.09. The van der Waals surface area contributed by atoms with Crippen LogP contribution in [0.3, 0.4) is 0 Å². The molecule has 0 bridgehead atoms. The molecule has 322 valence electrons. The third-order valence-electron chi connectivity index (χ3n) is 14.2. The summed E-state index contributed by atoms with van der Waals surface area (Å²) in [5, 5.41) is 12.4. The Balaban J connectivity index is 1.06. The number of para-hydroxylation sites is 3. The van der Waals surface area contributed by atoms with Crippen molar-refractivity contribution in [3.8, 4) is 33.6 Å². The van der Waals surface area contributed by atoms with Crippen molar-refractivity contribution in [3.05, 3.63) is 261 Å². The van der Waals surface area contributed by atoms with Gasteiger partial charge in [-0.3, -0.25) is 0 Å². The van der Waals surface area contributed by atoms with E-state index in [0.29, 0.717) is 0 Å². The van der Waals surface area contributed by atoms with E-state index in [2.05, 4.69) is 275 Å². The molecule has 3 heteroatoms. The lowest BCUT2D eigenvalue weighted by atomic mass is 9.93. The molecule has 69 heavy (non-hydrogen) atoms. The van der Waals surface area contributed by atoms with Crippen LogP contribution in [0.25, 0.3) is 110 Å². The first-order chi connectivity index (χ1) is 34.2. The second-order valence-corrected chi connectivity index (χ2v) is 18.1. The maximum absolute atomic E-state index is 2.51. The van der Waals surface area contributed by atoms with Gasteiger partial charge >= 0.3 is 0 Å². The highest BCUT2D eigenvalue weighted by Gasteiger charge is 2.25. The highest BCUT2D eigenvalue weighted by molar-refractivity contribution is 6.21. The van der Waals surface area contributed by atoms with Crippen molar-refractivity contribution in [2.45, 2.75) is 0 Å². The van der Waals surface area contributed by atoms with Gasteiger partial charge in [0.1, 0.15) is 0 Å². The van der Waals surface area contributed by atoms with E-state index in [0.717, 1.165) is 45.0 Å². The molecule has 2 aromatic heterocycles. The molecule has 0 aliphatic carbocycles. The predicted molar refractivity (Wildman–Crippen MR) is 293 cm³/mol. The van der Waals surface area contributed by atoms with Gasteiger partial charge in [0.25, 0.3) is 0 Å². The molecule has 0 unspecified atom stereocenters. The van der Waals surface area contributed by atoms with Crippen LogP contribution in [0.1, 0.15) is 0 Å². The standard InChI is InChI=1S/C66H43N3/c1-3-23-48(24-4-1)67(49-25-5-2-6-26-49)52-37-38-64-62(43-52)66-65(69(64)51-28-18-22-45(40-51)61-42-47-20-8-10-30-54(47)56-32-12-14-34-58(56)61)59-35-15-16-36-63(59)68(66)50-27-17-21-44(39-50)60-41-46-19-7-9-29-53(46)55-31-11-13-33-57(55)60/h1-43H. The molecule has 0 saturated heterocycles. The van der Waals surface area contributed by atoms with Crippen LogP contribution in [0, 0.1) is 0 Å². The third-order valence-corrected chi connectivity index (χ3v) is 14.2. The second kappa shape index (κ2) is 15.7. The maximum atomic E-state index is 2.51. The predicted octanol–water partition coefficient (Wildman–Crippen LogP) is 18.1. The molecular formula is C66H43N3. The molecule has 0 fully saturated rings. The summed E-state index contributed by atoms with van der Waals surface area (Å²) in [4.78, 5) is 2.37. The van der Waals surface area contributed by atoms with Crippen molar-refractivity contribution >= 4 is 93.0 Å². The molecule has 0 N–H and O–H groups in total. The van der Waals surface area contributed by atoms with E-state index in [-0.39, 0.29) is 0 Å². The molecule has 14 aromatic rings. The van der Waals surface area contributed by atoms with Crippen LogP contribution in [0.4, 0.5) is 17.1 Å². The molecule has 2 heterocycles. The Kier molecular flexibility index (Phi) is 8.90. The minimum absolute atomic E-state index is 1.09. The molecule has 14 rings (SSSR count). The van der Waals surface area contributed by atoms with E-state index >= 15 is 0 Å². The summed E-state index contributed by atoms with van der Waals surface area (Å²) in [5.41, 5.74) is 15.0. The van der Waals surface area contributed by atoms with E-state index in [4.69, 9.17) is 0 Å². The summed E-state index contributed by atoms with van der Waals surface area (Å²) in [7, 11) is 0. The van der Waals surface area contributed by atoms with Gasteiger partial charge in [-0.2, -0.15) is 0 Å². The summed E-state index contributed by atoms with van der Waals surface area (Å²) in [6, 6.07) is 95.6. The van der Waals surface area contributed by atoms with Crippen molar-refractivity contribution in [2.75, 3.05) is 4.90 Å². The van der Waals surface area contributed by atoms with E-state index in [1.165, 1.54) is 81.6 Å². The van der Waals surface area contributed by atoms with Crippen LogP contribution in [-0.2, 0) is 0 Å². The fourth-order valence-corrected chi connectivity index (χ4v) is 11.2. The van der Waals surface area contributed by atoms with Gasteiger partial charge in [0, 0.05) is 39.2 Å². The molecule has 0 spiro atoms. The van der Waals surface area contributed by atoms with Crippen LogP contribution in [0.5, 0.6) is 0 Å². The Labute approximate surface area is 399 Å². The van der Waals surface area contributed by atoms with Gasteiger partial charge in [0.15, 0.2) is 0 Å². The molecule has 0 radical (unpaired) electrons. The molecule has 0 amide bonds. The van der Waals surface area contributed by atoms with Gasteiger partial charge in [-0.15, -0.1) is 0 Å². The Bertz CT molecular complexity index is 4110. The Morgan fingerprint density at radius 3 is 1.20 bits per heavy atom. The molecule has 0 aliphatic heterocycles. The van der Waals surface area contributed by atoms with Crippen molar-refractivity contribution in [1.29, 1.82) is 0 Å². The molecule has 12 aromatic carbocycles. The first-order valence-corrected chi connectivity index (χ1v) is 23.8. The average Bonchev–Trinajstić information content (AvgIpc) is 3.93. The number of benzene rings is 12. The molecule has 0 atom stereocenters. The van der Waals surface area contributed by atoms with Crippen LogP contribution in [0.2, 0.25) is 0 Å². The minimum Gasteiger partial charge on any atom is -0.310 e. The smallest absolute Gasteiger partial charge is 0.0804 e. The van der Waals surface area contributed by atoms with E-state index < -0.39 is 0 Å². The van der Waals surface area contributed by atoms with Gasteiger partial charge in [-0.1, -0.05) is 176 Å². The van der Waals surface area contributed by atoms with Crippen LogP contribution >= 0.6 is 0 Å². The molecule has 3 nitrogen and oxygen atoms in total. The third kappa shape index (κ3) is 6.21. The number of rotatable bonds is 7. The monoisotopic (exact) mass is 877 g/mol. The Hall–Kier alpha value is -9.18. The second-order valence-electron chi connectivity index (χ2n) is 18.1. The first-order valence-electron chi connectivity index (χ1n) is 23.8.